The molecule has 2 aliphatic rings. The van der Waals surface area contributed by atoms with Crippen LogP contribution in [0.25, 0.3) is 0 Å². The van der Waals surface area contributed by atoms with Crippen LogP contribution in [0.15, 0.2) is 0 Å². The summed E-state index contributed by atoms with van der Waals surface area (Å²) >= 11 is 0. The maximum absolute atomic E-state index is 5.82. The number of nitrogens with zero attached hydrogens (tertiary/aromatic N) is 1. The van der Waals surface area contributed by atoms with Crippen molar-refractivity contribution in [1.82, 2.24) is 4.90 Å². The molecule has 1 aliphatic carbocycles. The molecule has 2 atom stereocenters. The summed E-state index contributed by atoms with van der Waals surface area (Å²) in [7, 11) is 0. The maximum Gasteiger partial charge on any atom is 0.00672 e. The van der Waals surface area contributed by atoms with Crippen LogP contribution in [0.1, 0.15) is 51.9 Å². The van der Waals surface area contributed by atoms with Crippen molar-refractivity contribution in [2.75, 3.05) is 19.6 Å². The van der Waals surface area contributed by atoms with Gasteiger partial charge in [-0.1, -0.05) is 19.3 Å². The van der Waals surface area contributed by atoms with Gasteiger partial charge in [0.15, 0.2) is 0 Å². The van der Waals surface area contributed by atoms with E-state index in [-0.39, 0.29) is 0 Å². The number of hydrogen-bond acceptors (Lipinski definition) is 2. The van der Waals surface area contributed by atoms with Gasteiger partial charge in [0.1, 0.15) is 0 Å². The predicted molar refractivity (Wildman–Crippen MR) is 69.4 cm³/mol. The molecule has 0 bridgehead atoms. The fourth-order valence-electron chi connectivity index (χ4n) is 3.41. The lowest BCUT2D eigenvalue weighted by Gasteiger charge is -2.40. The smallest absolute Gasteiger partial charge is 0.00672 e. The normalized spacial score (nSPS) is 34.1. The molecule has 2 fully saturated rings. The van der Waals surface area contributed by atoms with Crippen LogP contribution in [-0.2, 0) is 0 Å². The van der Waals surface area contributed by atoms with Crippen LogP contribution in [0.4, 0.5) is 0 Å². The first kappa shape index (κ1) is 12.4. The lowest BCUT2D eigenvalue weighted by molar-refractivity contribution is 0.0923. The standard InChI is InChI=1S/C14H28N2/c1-12-7-8-14(9-15)11-16(12)10-13-5-3-2-4-6-13/h12-14H,2-11,15H2,1H3. The molecule has 1 heterocycles. The topological polar surface area (TPSA) is 29.3 Å². The second-order valence-corrected chi connectivity index (χ2v) is 5.99. The summed E-state index contributed by atoms with van der Waals surface area (Å²) in [6.45, 7) is 5.88. The number of nitrogens with two attached hydrogens (primary N) is 1. The molecule has 94 valence electrons. The molecule has 0 spiro atoms. The largest absolute Gasteiger partial charge is 0.330 e. The summed E-state index contributed by atoms with van der Waals surface area (Å²) in [5, 5.41) is 0. The van der Waals surface area contributed by atoms with Gasteiger partial charge >= 0.3 is 0 Å². The molecule has 0 amide bonds. The Bertz CT molecular complexity index is 199. The first-order valence-corrected chi connectivity index (χ1v) is 7.23. The van der Waals surface area contributed by atoms with Crippen molar-refractivity contribution in [1.29, 1.82) is 0 Å². The van der Waals surface area contributed by atoms with E-state index in [4.69, 9.17) is 5.73 Å². The summed E-state index contributed by atoms with van der Waals surface area (Å²) in [6.07, 6.45) is 10.0. The zero-order valence-corrected chi connectivity index (χ0v) is 10.8. The number of likely N-dealkylation sites (tertiary alicyclic amines) is 1. The summed E-state index contributed by atoms with van der Waals surface area (Å²) in [5.74, 6) is 1.74. The molecule has 2 rings (SSSR count). The van der Waals surface area contributed by atoms with E-state index in [1.165, 1.54) is 58.0 Å². The van der Waals surface area contributed by atoms with Gasteiger partial charge in [-0.3, -0.25) is 0 Å². The number of piperidine rings is 1. The van der Waals surface area contributed by atoms with Crippen molar-refractivity contribution in [3.8, 4) is 0 Å². The summed E-state index contributed by atoms with van der Waals surface area (Å²) in [6, 6.07) is 0.796. The van der Waals surface area contributed by atoms with E-state index in [1.54, 1.807) is 0 Å². The van der Waals surface area contributed by atoms with Crippen LogP contribution in [-0.4, -0.2) is 30.6 Å². The molecule has 1 saturated heterocycles. The third-order valence-corrected chi connectivity index (χ3v) is 4.66. The van der Waals surface area contributed by atoms with Gasteiger partial charge in [-0.05, 0) is 51.0 Å². The SMILES string of the molecule is CC1CCC(CN)CN1CC1CCCCC1. The molecular weight excluding hydrogens is 196 g/mol. The van der Waals surface area contributed by atoms with Crippen LogP contribution >= 0.6 is 0 Å². The van der Waals surface area contributed by atoms with Gasteiger partial charge in [0, 0.05) is 19.1 Å². The third-order valence-electron chi connectivity index (χ3n) is 4.66. The minimum absolute atomic E-state index is 0.764. The minimum Gasteiger partial charge on any atom is -0.330 e. The first-order chi connectivity index (χ1) is 7.79. The van der Waals surface area contributed by atoms with Crippen LogP contribution in [0, 0.1) is 11.8 Å². The Morgan fingerprint density at radius 2 is 1.75 bits per heavy atom. The van der Waals surface area contributed by atoms with E-state index in [1.807, 2.05) is 0 Å². The highest BCUT2D eigenvalue weighted by Gasteiger charge is 2.26. The minimum atomic E-state index is 0.764. The molecule has 1 aliphatic heterocycles. The quantitative estimate of drug-likeness (QED) is 0.798. The second kappa shape index (κ2) is 6.02. The average Bonchev–Trinajstić information content (AvgIpc) is 2.33. The second-order valence-electron chi connectivity index (χ2n) is 5.99. The van der Waals surface area contributed by atoms with Crippen molar-refractivity contribution in [3.05, 3.63) is 0 Å². The Labute approximate surface area is 101 Å². The fourth-order valence-corrected chi connectivity index (χ4v) is 3.41. The monoisotopic (exact) mass is 224 g/mol. The molecule has 1 saturated carbocycles. The summed E-state index contributed by atoms with van der Waals surface area (Å²) in [5.41, 5.74) is 5.82. The number of rotatable bonds is 3. The van der Waals surface area contributed by atoms with E-state index in [2.05, 4.69) is 11.8 Å². The van der Waals surface area contributed by atoms with Gasteiger partial charge in [0.25, 0.3) is 0 Å². The van der Waals surface area contributed by atoms with Crippen molar-refractivity contribution in [2.24, 2.45) is 17.6 Å². The molecule has 0 aromatic heterocycles. The Hall–Kier alpha value is -0.0800. The van der Waals surface area contributed by atoms with E-state index in [0.717, 1.165) is 24.4 Å². The lowest BCUT2D eigenvalue weighted by Crippen LogP contribution is -2.46. The molecule has 0 aromatic carbocycles. The number of hydrogen-bond donors (Lipinski definition) is 1. The zero-order chi connectivity index (χ0) is 11.4. The van der Waals surface area contributed by atoms with Gasteiger partial charge in [0.05, 0.1) is 0 Å². The van der Waals surface area contributed by atoms with Crippen molar-refractivity contribution < 1.29 is 0 Å². The maximum atomic E-state index is 5.82. The van der Waals surface area contributed by atoms with Crippen LogP contribution in [0.2, 0.25) is 0 Å². The zero-order valence-electron chi connectivity index (χ0n) is 10.8. The molecule has 16 heavy (non-hydrogen) atoms. The Morgan fingerprint density at radius 1 is 1.00 bits per heavy atom. The van der Waals surface area contributed by atoms with E-state index >= 15 is 0 Å². The third kappa shape index (κ3) is 3.21. The summed E-state index contributed by atoms with van der Waals surface area (Å²) < 4.78 is 0. The predicted octanol–water partition coefficient (Wildman–Crippen LogP) is 2.63. The highest BCUT2D eigenvalue weighted by molar-refractivity contribution is 4.81. The first-order valence-electron chi connectivity index (χ1n) is 7.23. The van der Waals surface area contributed by atoms with Crippen molar-refractivity contribution in [2.45, 2.75) is 57.9 Å². The van der Waals surface area contributed by atoms with E-state index in [0.29, 0.717) is 0 Å². The van der Waals surface area contributed by atoms with Crippen LogP contribution in [0.5, 0.6) is 0 Å². The van der Waals surface area contributed by atoms with Gasteiger partial charge in [-0.15, -0.1) is 0 Å². The van der Waals surface area contributed by atoms with E-state index < -0.39 is 0 Å². The van der Waals surface area contributed by atoms with Gasteiger partial charge in [-0.25, -0.2) is 0 Å². The molecule has 2 nitrogen and oxygen atoms in total. The summed E-state index contributed by atoms with van der Waals surface area (Å²) in [4.78, 5) is 2.72. The highest BCUT2D eigenvalue weighted by atomic mass is 15.2. The lowest BCUT2D eigenvalue weighted by atomic mass is 9.86. The molecule has 0 aromatic rings. The molecule has 2 N–H and O–H groups in total. The molecule has 2 unspecified atom stereocenters. The van der Waals surface area contributed by atoms with Crippen molar-refractivity contribution in [3.63, 3.8) is 0 Å². The van der Waals surface area contributed by atoms with Crippen molar-refractivity contribution >= 4 is 0 Å². The Kier molecular flexibility index (Phi) is 4.66. The average molecular weight is 224 g/mol. The Morgan fingerprint density at radius 3 is 2.44 bits per heavy atom. The van der Waals surface area contributed by atoms with Crippen LogP contribution < -0.4 is 5.73 Å². The molecule has 2 heteroatoms. The fraction of sp³-hybridized carbons (Fsp3) is 1.00. The van der Waals surface area contributed by atoms with Gasteiger partial charge in [0.2, 0.25) is 0 Å². The van der Waals surface area contributed by atoms with Gasteiger partial charge < -0.3 is 10.6 Å². The highest BCUT2D eigenvalue weighted by Crippen LogP contribution is 2.28. The van der Waals surface area contributed by atoms with E-state index in [9.17, 15) is 0 Å². The Balaban J connectivity index is 1.81. The van der Waals surface area contributed by atoms with Crippen LogP contribution in [0.3, 0.4) is 0 Å². The van der Waals surface area contributed by atoms with Gasteiger partial charge in [-0.2, -0.15) is 0 Å². The molecule has 0 radical (unpaired) electrons. The molecular formula is C14H28N2.